The molecule has 0 radical (unpaired) electrons. The number of aromatic amines is 1. The zero-order valence-electron chi connectivity index (χ0n) is 9.64. The van der Waals surface area contributed by atoms with Crippen molar-refractivity contribution < 1.29 is 9.90 Å². The first-order valence-corrected chi connectivity index (χ1v) is 6.09. The number of nitrogens with zero attached hydrogens (tertiary/aromatic N) is 1. The smallest absolute Gasteiger partial charge is 0.328 e. The van der Waals surface area contributed by atoms with E-state index in [-0.39, 0.29) is 5.82 Å². The minimum Gasteiger partial charge on any atom is -0.480 e. The SMILES string of the molecule is Cc1[nH]c(C(N)C(=O)O)nc1-c1cccc(Br)c1. The van der Waals surface area contributed by atoms with Crippen LogP contribution in [0.3, 0.4) is 0 Å². The van der Waals surface area contributed by atoms with Crippen LogP contribution >= 0.6 is 15.9 Å². The molecule has 0 amide bonds. The molecule has 0 spiro atoms. The minimum absolute atomic E-state index is 0.259. The van der Waals surface area contributed by atoms with Crippen molar-refractivity contribution in [3.05, 3.63) is 40.3 Å². The molecular weight excluding hydrogens is 298 g/mol. The summed E-state index contributed by atoms with van der Waals surface area (Å²) < 4.78 is 0.937. The minimum atomic E-state index is -1.13. The first kappa shape index (κ1) is 12.8. The summed E-state index contributed by atoms with van der Waals surface area (Å²) in [4.78, 5) is 18.0. The number of rotatable bonds is 3. The second-order valence-electron chi connectivity index (χ2n) is 3.92. The maximum Gasteiger partial charge on any atom is 0.328 e. The number of aryl methyl sites for hydroxylation is 1. The Morgan fingerprint density at radius 2 is 2.28 bits per heavy atom. The van der Waals surface area contributed by atoms with Crippen molar-refractivity contribution in [2.24, 2.45) is 5.73 Å². The molecule has 1 aromatic heterocycles. The largest absolute Gasteiger partial charge is 0.480 e. The molecule has 6 heteroatoms. The molecule has 1 atom stereocenters. The second-order valence-corrected chi connectivity index (χ2v) is 4.84. The monoisotopic (exact) mass is 309 g/mol. The Balaban J connectivity index is 2.44. The van der Waals surface area contributed by atoms with E-state index in [1.807, 2.05) is 31.2 Å². The van der Waals surface area contributed by atoms with Crippen LogP contribution in [0.4, 0.5) is 0 Å². The normalized spacial score (nSPS) is 12.4. The lowest BCUT2D eigenvalue weighted by Gasteiger charge is -2.01. The van der Waals surface area contributed by atoms with E-state index < -0.39 is 12.0 Å². The molecule has 2 aromatic rings. The molecule has 0 bridgehead atoms. The number of aromatic nitrogens is 2. The molecule has 2 rings (SSSR count). The highest BCUT2D eigenvalue weighted by Crippen LogP contribution is 2.25. The zero-order valence-corrected chi connectivity index (χ0v) is 11.2. The predicted molar refractivity (Wildman–Crippen MR) is 71.0 cm³/mol. The number of carbonyl (C=O) groups is 1. The lowest BCUT2D eigenvalue weighted by Crippen LogP contribution is -2.21. The highest BCUT2D eigenvalue weighted by Gasteiger charge is 2.20. The van der Waals surface area contributed by atoms with E-state index in [1.165, 1.54) is 0 Å². The third kappa shape index (κ3) is 2.44. The highest BCUT2D eigenvalue weighted by atomic mass is 79.9. The van der Waals surface area contributed by atoms with Crippen LogP contribution in [0.15, 0.2) is 28.7 Å². The number of aliphatic carboxylic acids is 1. The number of H-pyrrole nitrogens is 1. The average Bonchev–Trinajstić information content (AvgIpc) is 2.70. The third-order valence-corrected chi connectivity index (χ3v) is 3.05. The summed E-state index contributed by atoms with van der Waals surface area (Å²) in [5, 5.41) is 8.86. The van der Waals surface area contributed by atoms with Gasteiger partial charge in [-0.25, -0.2) is 4.98 Å². The van der Waals surface area contributed by atoms with E-state index in [1.54, 1.807) is 0 Å². The molecule has 0 aliphatic carbocycles. The molecule has 0 aliphatic heterocycles. The Bertz CT molecular complexity index is 595. The molecule has 5 nitrogen and oxygen atoms in total. The first-order chi connectivity index (χ1) is 8.49. The van der Waals surface area contributed by atoms with E-state index in [2.05, 4.69) is 25.9 Å². The number of hydrogen-bond donors (Lipinski definition) is 3. The van der Waals surface area contributed by atoms with Gasteiger partial charge in [-0.15, -0.1) is 0 Å². The van der Waals surface area contributed by atoms with Crippen molar-refractivity contribution in [2.45, 2.75) is 13.0 Å². The van der Waals surface area contributed by atoms with Crippen molar-refractivity contribution in [3.63, 3.8) is 0 Å². The van der Waals surface area contributed by atoms with E-state index in [4.69, 9.17) is 10.8 Å². The molecule has 0 fully saturated rings. The second kappa shape index (κ2) is 4.91. The number of carboxylic acids is 1. The number of nitrogens with one attached hydrogen (secondary N) is 1. The van der Waals surface area contributed by atoms with E-state index in [0.29, 0.717) is 5.69 Å². The highest BCUT2D eigenvalue weighted by molar-refractivity contribution is 9.10. The molecule has 94 valence electrons. The topological polar surface area (TPSA) is 92.0 Å². The number of imidazole rings is 1. The van der Waals surface area contributed by atoms with E-state index >= 15 is 0 Å². The Labute approximate surface area is 112 Å². The van der Waals surface area contributed by atoms with Crippen LogP contribution in [-0.2, 0) is 4.79 Å². The predicted octanol–water partition coefficient (Wildman–Crippen LogP) is 2.23. The molecule has 0 saturated heterocycles. The van der Waals surface area contributed by atoms with Crippen LogP contribution in [0.2, 0.25) is 0 Å². The summed E-state index contributed by atoms with van der Waals surface area (Å²) in [5.41, 5.74) is 7.93. The summed E-state index contributed by atoms with van der Waals surface area (Å²) in [6.45, 7) is 1.83. The van der Waals surface area contributed by atoms with Gasteiger partial charge in [0.15, 0.2) is 6.04 Å². The Kier molecular flexibility index (Phi) is 3.49. The first-order valence-electron chi connectivity index (χ1n) is 5.30. The fraction of sp³-hybridized carbons (Fsp3) is 0.167. The van der Waals surface area contributed by atoms with Gasteiger partial charge in [-0.1, -0.05) is 28.1 Å². The third-order valence-electron chi connectivity index (χ3n) is 2.56. The molecular formula is C12H12BrN3O2. The fourth-order valence-corrected chi connectivity index (χ4v) is 2.06. The van der Waals surface area contributed by atoms with Crippen LogP contribution in [0.1, 0.15) is 17.6 Å². The van der Waals surface area contributed by atoms with Crippen LogP contribution in [0.5, 0.6) is 0 Å². The van der Waals surface area contributed by atoms with Gasteiger partial charge in [0, 0.05) is 15.7 Å². The van der Waals surface area contributed by atoms with Gasteiger partial charge in [-0.2, -0.15) is 0 Å². The molecule has 4 N–H and O–H groups in total. The van der Waals surface area contributed by atoms with Gasteiger partial charge < -0.3 is 15.8 Å². The van der Waals surface area contributed by atoms with Crippen molar-refractivity contribution >= 4 is 21.9 Å². The van der Waals surface area contributed by atoms with Gasteiger partial charge >= 0.3 is 5.97 Å². The van der Waals surface area contributed by atoms with Crippen molar-refractivity contribution in [3.8, 4) is 11.3 Å². The molecule has 1 unspecified atom stereocenters. The number of benzene rings is 1. The maximum atomic E-state index is 10.8. The quantitative estimate of drug-likeness (QED) is 0.810. The molecule has 0 saturated carbocycles. The van der Waals surface area contributed by atoms with Gasteiger partial charge in [-0.05, 0) is 19.1 Å². The van der Waals surface area contributed by atoms with Gasteiger partial charge in [0.25, 0.3) is 0 Å². The van der Waals surface area contributed by atoms with Crippen LogP contribution < -0.4 is 5.73 Å². The molecule has 0 aliphatic rings. The standard InChI is InChI=1S/C12H12BrN3O2/c1-6-10(7-3-2-4-8(13)5-7)16-11(15-6)9(14)12(17)18/h2-5,9H,14H2,1H3,(H,15,16)(H,17,18). The number of hydrogen-bond acceptors (Lipinski definition) is 3. The average molecular weight is 310 g/mol. The van der Waals surface area contributed by atoms with Gasteiger partial charge in [0.1, 0.15) is 5.82 Å². The Hall–Kier alpha value is -1.66. The number of nitrogens with two attached hydrogens (primary N) is 1. The lowest BCUT2D eigenvalue weighted by atomic mass is 10.1. The van der Waals surface area contributed by atoms with Gasteiger partial charge in [0.2, 0.25) is 0 Å². The number of carboxylic acid groups (broad SMARTS) is 1. The van der Waals surface area contributed by atoms with E-state index in [9.17, 15) is 4.79 Å². The van der Waals surface area contributed by atoms with Crippen molar-refractivity contribution in [1.29, 1.82) is 0 Å². The van der Waals surface area contributed by atoms with Crippen molar-refractivity contribution in [1.82, 2.24) is 9.97 Å². The summed E-state index contributed by atoms with van der Waals surface area (Å²) in [6.07, 6.45) is 0. The Morgan fingerprint density at radius 1 is 1.56 bits per heavy atom. The summed E-state index contributed by atoms with van der Waals surface area (Å²) in [5.74, 6) is -0.848. The van der Waals surface area contributed by atoms with E-state index in [0.717, 1.165) is 15.7 Å². The van der Waals surface area contributed by atoms with Gasteiger partial charge in [0.05, 0.1) is 5.69 Å². The zero-order chi connectivity index (χ0) is 13.3. The Morgan fingerprint density at radius 3 is 2.89 bits per heavy atom. The van der Waals surface area contributed by atoms with Crippen LogP contribution in [0, 0.1) is 6.92 Å². The van der Waals surface area contributed by atoms with Crippen LogP contribution in [-0.4, -0.2) is 21.0 Å². The van der Waals surface area contributed by atoms with Gasteiger partial charge in [-0.3, -0.25) is 4.79 Å². The van der Waals surface area contributed by atoms with Crippen molar-refractivity contribution in [2.75, 3.05) is 0 Å². The molecule has 1 aromatic carbocycles. The number of halogens is 1. The summed E-state index contributed by atoms with van der Waals surface area (Å²) in [6, 6.07) is 6.49. The molecule has 1 heterocycles. The van der Waals surface area contributed by atoms with Crippen LogP contribution in [0.25, 0.3) is 11.3 Å². The maximum absolute atomic E-state index is 10.8. The fourth-order valence-electron chi connectivity index (χ4n) is 1.66. The molecule has 18 heavy (non-hydrogen) atoms. The summed E-state index contributed by atoms with van der Waals surface area (Å²) >= 11 is 3.39. The summed E-state index contributed by atoms with van der Waals surface area (Å²) in [7, 11) is 0. The lowest BCUT2D eigenvalue weighted by molar-refractivity contribution is -0.138.